The number of thiazole rings is 1. The zero-order chi connectivity index (χ0) is 18.1. The van der Waals surface area contributed by atoms with Crippen molar-refractivity contribution in [1.82, 2.24) is 14.3 Å². The summed E-state index contributed by atoms with van der Waals surface area (Å²) < 4.78 is 2.47. The molecular weight excluding hydrogens is 386 g/mol. The van der Waals surface area contributed by atoms with Gasteiger partial charge in [0.1, 0.15) is 0 Å². The van der Waals surface area contributed by atoms with Crippen LogP contribution in [0.4, 0.5) is 0 Å². The fourth-order valence-electron chi connectivity index (χ4n) is 2.89. The average molecular weight is 402 g/mol. The van der Waals surface area contributed by atoms with E-state index in [2.05, 4.69) is 9.88 Å². The number of halogens is 1. The van der Waals surface area contributed by atoms with Crippen molar-refractivity contribution in [2.75, 3.05) is 7.05 Å². The number of hydrogen-bond acceptors (Lipinski definition) is 5. The second kappa shape index (κ2) is 7.32. The lowest BCUT2D eigenvalue weighted by atomic mass is 10.2. The molecule has 132 valence electrons. The van der Waals surface area contributed by atoms with E-state index >= 15 is 0 Å². The summed E-state index contributed by atoms with van der Waals surface area (Å²) in [7, 11) is 2.01. The van der Waals surface area contributed by atoms with Crippen molar-refractivity contribution in [3.63, 3.8) is 0 Å². The van der Waals surface area contributed by atoms with E-state index in [1.807, 2.05) is 54.9 Å². The van der Waals surface area contributed by atoms with Crippen LogP contribution < -0.4 is 5.56 Å². The number of fused-ring (bicyclic) bond motifs is 1. The average Bonchev–Trinajstić information content (AvgIpc) is 3.22. The van der Waals surface area contributed by atoms with Crippen LogP contribution in [0.15, 0.2) is 58.7 Å². The van der Waals surface area contributed by atoms with Crippen LogP contribution in [0.5, 0.6) is 0 Å². The third-order valence-corrected chi connectivity index (χ3v) is 6.06. The zero-order valence-corrected chi connectivity index (χ0v) is 16.4. The van der Waals surface area contributed by atoms with Crippen LogP contribution in [-0.4, -0.2) is 21.3 Å². The van der Waals surface area contributed by atoms with Crippen molar-refractivity contribution >= 4 is 39.2 Å². The molecule has 0 aliphatic rings. The van der Waals surface area contributed by atoms with Crippen molar-refractivity contribution < 1.29 is 0 Å². The van der Waals surface area contributed by atoms with Gasteiger partial charge in [-0.05, 0) is 24.7 Å². The lowest BCUT2D eigenvalue weighted by molar-refractivity contribution is 0.318. The van der Waals surface area contributed by atoms with E-state index in [0.29, 0.717) is 6.54 Å². The van der Waals surface area contributed by atoms with Crippen molar-refractivity contribution in [1.29, 1.82) is 0 Å². The van der Waals surface area contributed by atoms with Gasteiger partial charge in [-0.25, -0.2) is 4.98 Å². The molecule has 0 aliphatic heterocycles. The monoisotopic (exact) mass is 401 g/mol. The van der Waals surface area contributed by atoms with Gasteiger partial charge in [-0.2, -0.15) is 0 Å². The molecule has 3 heterocycles. The Hall–Kier alpha value is -1.99. The molecule has 0 aliphatic carbocycles. The van der Waals surface area contributed by atoms with Gasteiger partial charge < -0.3 is 0 Å². The van der Waals surface area contributed by atoms with Crippen LogP contribution in [0.3, 0.4) is 0 Å². The van der Waals surface area contributed by atoms with E-state index in [1.54, 1.807) is 21.8 Å². The van der Waals surface area contributed by atoms with Crippen LogP contribution in [0.25, 0.3) is 16.2 Å². The first kappa shape index (κ1) is 17.4. The van der Waals surface area contributed by atoms with E-state index in [0.717, 1.165) is 32.8 Å². The zero-order valence-electron chi connectivity index (χ0n) is 14.1. The van der Waals surface area contributed by atoms with Gasteiger partial charge >= 0.3 is 0 Å². The number of nitrogens with zero attached hydrogens (tertiary/aromatic N) is 3. The molecule has 4 nitrogen and oxygen atoms in total. The smallest absolute Gasteiger partial charge is 0.259 e. The molecule has 26 heavy (non-hydrogen) atoms. The second-order valence-corrected chi connectivity index (χ2v) is 8.70. The third kappa shape index (κ3) is 3.59. The van der Waals surface area contributed by atoms with Gasteiger partial charge in [0.25, 0.3) is 5.56 Å². The van der Waals surface area contributed by atoms with Crippen LogP contribution in [0.1, 0.15) is 10.6 Å². The topological polar surface area (TPSA) is 37.6 Å². The summed E-state index contributed by atoms with van der Waals surface area (Å²) in [4.78, 5) is 21.4. The molecule has 0 radical (unpaired) electrons. The van der Waals surface area contributed by atoms with Crippen LogP contribution in [0.2, 0.25) is 4.34 Å². The maximum absolute atomic E-state index is 12.7. The maximum Gasteiger partial charge on any atom is 0.259 e. The van der Waals surface area contributed by atoms with E-state index in [-0.39, 0.29) is 5.56 Å². The standard InChI is InChI=1S/C19H16ClN3OS2/c1-22(11-15-7-8-17(20)26-15)10-14-9-18(24)23-16(12-25-19(23)21-14)13-5-3-2-4-6-13/h2-9,12H,10-11H2,1H3. The Labute approximate surface area is 163 Å². The molecule has 1 aromatic carbocycles. The Kier molecular flexibility index (Phi) is 4.91. The highest BCUT2D eigenvalue weighted by Crippen LogP contribution is 2.25. The van der Waals surface area contributed by atoms with Gasteiger partial charge in [0.15, 0.2) is 4.96 Å². The molecule has 0 atom stereocenters. The Morgan fingerprint density at radius 2 is 1.96 bits per heavy atom. The summed E-state index contributed by atoms with van der Waals surface area (Å²) in [5, 5.41) is 1.99. The summed E-state index contributed by atoms with van der Waals surface area (Å²) in [6.07, 6.45) is 0. The minimum Gasteiger partial charge on any atom is -0.295 e. The highest BCUT2D eigenvalue weighted by molar-refractivity contribution is 7.16. The predicted octanol–water partition coefficient (Wildman–Crippen LogP) is 4.77. The van der Waals surface area contributed by atoms with Gasteiger partial charge in [0, 0.05) is 29.4 Å². The fourth-order valence-corrected chi connectivity index (χ4v) is 4.98. The van der Waals surface area contributed by atoms with Crippen molar-refractivity contribution in [3.05, 3.63) is 79.2 Å². The van der Waals surface area contributed by atoms with Gasteiger partial charge in [-0.1, -0.05) is 41.9 Å². The third-order valence-electron chi connectivity index (χ3n) is 4.01. The lowest BCUT2D eigenvalue weighted by Crippen LogP contribution is -2.21. The molecule has 4 rings (SSSR count). The lowest BCUT2D eigenvalue weighted by Gasteiger charge is -2.15. The molecule has 4 aromatic rings. The summed E-state index contributed by atoms with van der Waals surface area (Å²) >= 11 is 9.05. The molecular formula is C19H16ClN3OS2. The van der Waals surface area contributed by atoms with Gasteiger partial charge in [-0.3, -0.25) is 14.1 Å². The van der Waals surface area contributed by atoms with Gasteiger partial charge in [0.2, 0.25) is 0 Å². The largest absolute Gasteiger partial charge is 0.295 e. The fraction of sp³-hybridized carbons (Fsp3) is 0.158. The molecule has 0 spiro atoms. The van der Waals surface area contributed by atoms with Crippen molar-refractivity contribution in [3.8, 4) is 11.3 Å². The maximum atomic E-state index is 12.7. The van der Waals surface area contributed by atoms with Crippen molar-refractivity contribution in [2.45, 2.75) is 13.1 Å². The quantitative estimate of drug-likeness (QED) is 0.483. The summed E-state index contributed by atoms with van der Waals surface area (Å²) in [6.45, 7) is 1.39. The minimum atomic E-state index is -0.0438. The Bertz CT molecular complexity index is 1100. The molecule has 0 saturated carbocycles. The Morgan fingerprint density at radius 3 is 2.69 bits per heavy atom. The highest BCUT2D eigenvalue weighted by atomic mass is 35.5. The first-order chi connectivity index (χ1) is 12.6. The van der Waals surface area contributed by atoms with Crippen LogP contribution in [0, 0.1) is 0 Å². The summed E-state index contributed by atoms with van der Waals surface area (Å²) in [6, 6.07) is 15.5. The number of rotatable bonds is 5. The van der Waals surface area contributed by atoms with Crippen LogP contribution in [-0.2, 0) is 13.1 Å². The Balaban J connectivity index is 1.61. The normalized spacial score (nSPS) is 11.5. The first-order valence-electron chi connectivity index (χ1n) is 8.08. The summed E-state index contributed by atoms with van der Waals surface area (Å²) in [5.41, 5.74) is 2.64. The SMILES string of the molecule is CN(Cc1cc(=O)n2c(-c3ccccc3)csc2n1)Cc1ccc(Cl)s1. The van der Waals surface area contributed by atoms with E-state index in [9.17, 15) is 4.79 Å². The molecule has 7 heteroatoms. The number of hydrogen-bond donors (Lipinski definition) is 0. The molecule has 0 amide bonds. The minimum absolute atomic E-state index is 0.0438. The predicted molar refractivity (Wildman–Crippen MR) is 109 cm³/mol. The number of thiophene rings is 1. The molecule has 0 N–H and O–H groups in total. The van der Waals surface area contributed by atoms with E-state index in [4.69, 9.17) is 11.6 Å². The van der Waals surface area contributed by atoms with E-state index in [1.165, 1.54) is 16.2 Å². The van der Waals surface area contributed by atoms with Crippen molar-refractivity contribution in [2.24, 2.45) is 0 Å². The summed E-state index contributed by atoms with van der Waals surface area (Å²) in [5.74, 6) is 0. The number of aromatic nitrogens is 2. The molecule has 0 saturated heterocycles. The van der Waals surface area contributed by atoms with Gasteiger partial charge in [0.05, 0.1) is 15.7 Å². The van der Waals surface area contributed by atoms with Gasteiger partial charge in [-0.15, -0.1) is 22.7 Å². The molecule has 3 aromatic heterocycles. The van der Waals surface area contributed by atoms with E-state index < -0.39 is 0 Å². The highest BCUT2D eigenvalue weighted by Gasteiger charge is 2.12. The second-order valence-electron chi connectivity index (χ2n) is 6.07. The first-order valence-corrected chi connectivity index (χ1v) is 10.2. The number of benzene rings is 1. The molecule has 0 unspecified atom stereocenters. The van der Waals surface area contributed by atoms with Crippen LogP contribution >= 0.6 is 34.3 Å². The molecule has 0 bridgehead atoms. The molecule has 0 fully saturated rings. The Morgan fingerprint density at radius 1 is 1.15 bits per heavy atom.